The smallest absolute Gasteiger partial charge is 0.223 e. The molecule has 3 atom stereocenters. The molecule has 0 aliphatic heterocycles. The van der Waals surface area contributed by atoms with Crippen molar-refractivity contribution >= 4 is 5.91 Å². The Bertz CT molecular complexity index is 281. The Kier molecular flexibility index (Phi) is 8.15. The van der Waals surface area contributed by atoms with E-state index in [2.05, 4.69) is 31.1 Å². The van der Waals surface area contributed by atoms with E-state index in [0.29, 0.717) is 12.0 Å². The zero-order chi connectivity index (χ0) is 15.0. The van der Waals surface area contributed by atoms with Crippen LogP contribution in [0.2, 0.25) is 0 Å². The predicted molar refractivity (Wildman–Crippen MR) is 84.5 cm³/mol. The van der Waals surface area contributed by atoms with Crippen LogP contribution in [-0.2, 0) is 4.79 Å². The molecule has 1 aliphatic rings. The number of rotatable bonds is 8. The largest absolute Gasteiger partial charge is 0.355 e. The molecular weight excluding hydrogens is 250 g/mol. The highest BCUT2D eigenvalue weighted by atomic mass is 16.1. The van der Waals surface area contributed by atoms with Crippen LogP contribution in [0.4, 0.5) is 0 Å². The summed E-state index contributed by atoms with van der Waals surface area (Å²) < 4.78 is 0. The first-order valence-corrected chi connectivity index (χ1v) is 8.26. The molecule has 0 radical (unpaired) electrons. The molecule has 0 aromatic heterocycles. The van der Waals surface area contributed by atoms with Crippen molar-refractivity contribution in [3.8, 4) is 0 Å². The zero-order valence-corrected chi connectivity index (χ0v) is 13.5. The fourth-order valence-corrected chi connectivity index (χ4v) is 3.06. The number of likely N-dealkylation sites (N-methyl/N-ethyl adjacent to an activating group) is 1. The van der Waals surface area contributed by atoms with Crippen molar-refractivity contribution in [1.82, 2.24) is 10.2 Å². The number of nitrogens with zero attached hydrogens (tertiary/aromatic N) is 1. The average molecular weight is 283 g/mol. The molecule has 1 aliphatic carbocycles. The highest BCUT2D eigenvalue weighted by Crippen LogP contribution is 2.30. The first-order valence-electron chi connectivity index (χ1n) is 8.26. The van der Waals surface area contributed by atoms with E-state index in [-0.39, 0.29) is 11.8 Å². The van der Waals surface area contributed by atoms with E-state index in [0.717, 1.165) is 45.3 Å². The van der Waals surface area contributed by atoms with Crippen molar-refractivity contribution in [2.75, 3.05) is 26.7 Å². The lowest BCUT2D eigenvalue weighted by Gasteiger charge is -2.29. The normalized spacial score (nSPS) is 24.6. The van der Waals surface area contributed by atoms with Crippen molar-refractivity contribution in [2.45, 2.75) is 58.4 Å². The number of carbonyl (C=O) groups is 1. The van der Waals surface area contributed by atoms with E-state index in [4.69, 9.17) is 5.73 Å². The standard InChI is InChI=1S/C16H33N3O/c1-4-13(2)19(3)11-10-18-16(20)15-7-5-6-14(12-15)8-9-17/h13-15H,4-12,17H2,1-3H3,(H,18,20). The van der Waals surface area contributed by atoms with Crippen molar-refractivity contribution in [3.05, 3.63) is 0 Å². The number of amides is 1. The van der Waals surface area contributed by atoms with Gasteiger partial charge >= 0.3 is 0 Å². The maximum Gasteiger partial charge on any atom is 0.223 e. The Morgan fingerprint density at radius 3 is 2.85 bits per heavy atom. The molecule has 20 heavy (non-hydrogen) atoms. The Labute approximate surface area is 124 Å². The van der Waals surface area contributed by atoms with E-state index in [1.54, 1.807) is 0 Å². The summed E-state index contributed by atoms with van der Waals surface area (Å²) in [7, 11) is 2.12. The second-order valence-electron chi connectivity index (χ2n) is 6.34. The van der Waals surface area contributed by atoms with Gasteiger partial charge in [-0.2, -0.15) is 0 Å². The van der Waals surface area contributed by atoms with Gasteiger partial charge in [0.2, 0.25) is 5.91 Å². The fraction of sp³-hybridized carbons (Fsp3) is 0.938. The molecule has 3 N–H and O–H groups in total. The molecule has 118 valence electrons. The fourth-order valence-electron chi connectivity index (χ4n) is 3.06. The Hall–Kier alpha value is -0.610. The van der Waals surface area contributed by atoms with Gasteiger partial charge in [0.1, 0.15) is 0 Å². The summed E-state index contributed by atoms with van der Waals surface area (Å²) in [5.41, 5.74) is 5.63. The Morgan fingerprint density at radius 1 is 1.45 bits per heavy atom. The summed E-state index contributed by atoms with van der Waals surface area (Å²) in [4.78, 5) is 14.5. The van der Waals surface area contributed by atoms with Crippen LogP contribution in [-0.4, -0.2) is 43.5 Å². The number of hydrogen-bond acceptors (Lipinski definition) is 3. The molecule has 1 saturated carbocycles. The highest BCUT2D eigenvalue weighted by Gasteiger charge is 2.26. The lowest BCUT2D eigenvalue weighted by molar-refractivity contribution is -0.126. The monoisotopic (exact) mass is 283 g/mol. The topological polar surface area (TPSA) is 58.4 Å². The van der Waals surface area contributed by atoms with Crippen molar-refractivity contribution in [2.24, 2.45) is 17.6 Å². The molecule has 0 saturated heterocycles. The van der Waals surface area contributed by atoms with Crippen LogP contribution in [0.25, 0.3) is 0 Å². The van der Waals surface area contributed by atoms with E-state index in [9.17, 15) is 4.79 Å². The molecule has 0 spiro atoms. The summed E-state index contributed by atoms with van der Waals surface area (Å²) in [6.07, 6.45) is 6.72. The average Bonchev–Trinajstić information content (AvgIpc) is 2.46. The van der Waals surface area contributed by atoms with Gasteiger partial charge < -0.3 is 16.0 Å². The van der Waals surface area contributed by atoms with Crippen LogP contribution in [0.5, 0.6) is 0 Å². The van der Waals surface area contributed by atoms with Crippen LogP contribution in [0.15, 0.2) is 0 Å². The van der Waals surface area contributed by atoms with Gasteiger partial charge in [0, 0.05) is 25.0 Å². The first-order chi connectivity index (χ1) is 9.58. The molecule has 1 fully saturated rings. The summed E-state index contributed by atoms with van der Waals surface area (Å²) in [5, 5.41) is 3.11. The molecule has 0 heterocycles. The zero-order valence-electron chi connectivity index (χ0n) is 13.5. The van der Waals surface area contributed by atoms with Crippen LogP contribution in [0.1, 0.15) is 52.4 Å². The second-order valence-corrected chi connectivity index (χ2v) is 6.34. The van der Waals surface area contributed by atoms with E-state index < -0.39 is 0 Å². The van der Waals surface area contributed by atoms with Gasteiger partial charge in [0.25, 0.3) is 0 Å². The maximum atomic E-state index is 12.2. The lowest BCUT2D eigenvalue weighted by atomic mass is 9.79. The summed E-state index contributed by atoms with van der Waals surface area (Å²) >= 11 is 0. The Balaban J connectivity index is 2.25. The SMILES string of the molecule is CCC(C)N(C)CCNC(=O)C1CCCC(CCN)C1. The van der Waals surface area contributed by atoms with Gasteiger partial charge in [-0.3, -0.25) is 4.79 Å². The third-order valence-electron chi connectivity index (χ3n) is 4.84. The molecule has 0 aromatic rings. The minimum Gasteiger partial charge on any atom is -0.355 e. The van der Waals surface area contributed by atoms with Gasteiger partial charge in [0.05, 0.1) is 0 Å². The predicted octanol–water partition coefficient (Wildman–Crippen LogP) is 1.99. The maximum absolute atomic E-state index is 12.2. The van der Waals surface area contributed by atoms with Crippen molar-refractivity contribution in [1.29, 1.82) is 0 Å². The van der Waals surface area contributed by atoms with Crippen LogP contribution in [0, 0.1) is 11.8 Å². The number of nitrogens with one attached hydrogen (secondary N) is 1. The molecule has 3 unspecified atom stereocenters. The van der Waals surface area contributed by atoms with Gasteiger partial charge in [-0.25, -0.2) is 0 Å². The summed E-state index contributed by atoms with van der Waals surface area (Å²) in [6, 6.07) is 0.579. The van der Waals surface area contributed by atoms with E-state index >= 15 is 0 Å². The molecule has 4 heteroatoms. The second kappa shape index (κ2) is 9.35. The van der Waals surface area contributed by atoms with Gasteiger partial charge in [0.15, 0.2) is 0 Å². The number of hydrogen-bond donors (Lipinski definition) is 2. The molecular formula is C16H33N3O. The molecule has 0 aromatic carbocycles. The first kappa shape index (κ1) is 17.4. The van der Waals surface area contributed by atoms with Gasteiger partial charge in [-0.15, -0.1) is 0 Å². The molecule has 4 nitrogen and oxygen atoms in total. The third-order valence-corrected chi connectivity index (χ3v) is 4.84. The van der Waals surface area contributed by atoms with Crippen LogP contribution in [0.3, 0.4) is 0 Å². The number of nitrogens with two attached hydrogens (primary N) is 1. The Morgan fingerprint density at radius 2 is 2.20 bits per heavy atom. The molecule has 1 rings (SSSR count). The van der Waals surface area contributed by atoms with Crippen molar-refractivity contribution in [3.63, 3.8) is 0 Å². The summed E-state index contributed by atoms with van der Waals surface area (Å²) in [6.45, 7) is 6.86. The van der Waals surface area contributed by atoms with Gasteiger partial charge in [-0.05, 0) is 52.1 Å². The highest BCUT2D eigenvalue weighted by molar-refractivity contribution is 5.78. The molecule has 1 amide bonds. The lowest BCUT2D eigenvalue weighted by Crippen LogP contribution is -2.40. The minimum absolute atomic E-state index is 0.217. The molecule has 0 bridgehead atoms. The van der Waals surface area contributed by atoms with Crippen molar-refractivity contribution < 1.29 is 4.79 Å². The van der Waals surface area contributed by atoms with E-state index in [1.807, 2.05) is 0 Å². The minimum atomic E-state index is 0.217. The van der Waals surface area contributed by atoms with E-state index in [1.165, 1.54) is 12.8 Å². The summed E-state index contributed by atoms with van der Waals surface area (Å²) in [5.74, 6) is 1.13. The van der Waals surface area contributed by atoms with Crippen LogP contribution >= 0.6 is 0 Å². The van der Waals surface area contributed by atoms with Crippen LogP contribution < -0.4 is 11.1 Å². The third kappa shape index (κ3) is 5.80. The quantitative estimate of drug-likeness (QED) is 0.716. The number of carbonyl (C=O) groups excluding carboxylic acids is 1. The van der Waals surface area contributed by atoms with Gasteiger partial charge in [-0.1, -0.05) is 19.8 Å².